The maximum atomic E-state index is 12.6. The average Bonchev–Trinajstić information content (AvgIpc) is 2.53. The minimum Gasteiger partial charge on any atom is -0.453 e. The van der Waals surface area contributed by atoms with Crippen molar-refractivity contribution in [3.8, 4) is 6.07 Å². The van der Waals surface area contributed by atoms with Crippen molar-refractivity contribution in [1.29, 1.82) is 5.26 Å². The molecule has 6 nitrogen and oxygen atoms in total. The molecule has 0 saturated heterocycles. The number of likely N-dealkylation sites (N-methyl/N-ethyl adjacent to an activating group) is 1. The molecule has 1 aromatic rings. The van der Waals surface area contributed by atoms with Gasteiger partial charge in [0.05, 0.1) is 18.7 Å². The Kier molecular flexibility index (Phi) is 7.07. The Labute approximate surface area is 137 Å². The zero-order valence-electron chi connectivity index (χ0n) is 14.0. The molecule has 0 bridgehead atoms. The molecule has 0 radical (unpaired) electrons. The second-order valence-corrected chi connectivity index (χ2v) is 5.82. The van der Waals surface area contributed by atoms with Gasteiger partial charge in [-0.05, 0) is 30.0 Å². The SMILES string of the molecule is COC(=O)NC(CC(C)C)C(=O)N(C)Cc1ccc(C#N)cc1. The molecule has 124 valence electrons. The minimum atomic E-state index is -0.620. The van der Waals surface area contributed by atoms with Gasteiger partial charge in [-0.1, -0.05) is 26.0 Å². The van der Waals surface area contributed by atoms with Crippen LogP contribution in [0.3, 0.4) is 0 Å². The summed E-state index contributed by atoms with van der Waals surface area (Å²) in [6.45, 7) is 4.38. The number of hydrogen-bond donors (Lipinski definition) is 1. The third kappa shape index (κ3) is 5.99. The van der Waals surface area contributed by atoms with E-state index in [0.29, 0.717) is 18.5 Å². The second kappa shape index (κ2) is 8.79. The quantitative estimate of drug-likeness (QED) is 0.872. The van der Waals surface area contributed by atoms with E-state index in [1.807, 2.05) is 26.0 Å². The van der Waals surface area contributed by atoms with E-state index in [2.05, 4.69) is 16.1 Å². The van der Waals surface area contributed by atoms with Crippen LogP contribution in [0.5, 0.6) is 0 Å². The van der Waals surface area contributed by atoms with Crippen LogP contribution in [-0.4, -0.2) is 37.1 Å². The number of methoxy groups -OCH3 is 1. The van der Waals surface area contributed by atoms with Crippen LogP contribution in [0, 0.1) is 17.2 Å². The molecule has 0 aliphatic carbocycles. The lowest BCUT2D eigenvalue weighted by molar-refractivity contribution is -0.133. The molecule has 1 rings (SSSR count). The van der Waals surface area contributed by atoms with Gasteiger partial charge in [0.25, 0.3) is 0 Å². The Morgan fingerprint density at radius 1 is 1.30 bits per heavy atom. The first-order valence-corrected chi connectivity index (χ1v) is 7.45. The Bertz CT molecular complexity index is 576. The van der Waals surface area contributed by atoms with Crippen molar-refractivity contribution in [3.63, 3.8) is 0 Å². The highest BCUT2D eigenvalue weighted by molar-refractivity contribution is 5.85. The lowest BCUT2D eigenvalue weighted by Crippen LogP contribution is -2.47. The number of hydrogen-bond acceptors (Lipinski definition) is 4. The summed E-state index contributed by atoms with van der Waals surface area (Å²) in [4.78, 5) is 25.5. The molecule has 0 aliphatic rings. The molecule has 0 spiro atoms. The monoisotopic (exact) mass is 317 g/mol. The second-order valence-electron chi connectivity index (χ2n) is 5.82. The van der Waals surface area contributed by atoms with Crippen molar-refractivity contribution >= 4 is 12.0 Å². The van der Waals surface area contributed by atoms with Crippen LogP contribution < -0.4 is 5.32 Å². The highest BCUT2D eigenvalue weighted by Gasteiger charge is 2.25. The average molecular weight is 317 g/mol. The number of ether oxygens (including phenoxy) is 1. The van der Waals surface area contributed by atoms with Crippen LogP contribution in [0.2, 0.25) is 0 Å². The molecular weight excluding hydrogens is 294 g/mol. The van der Waals surface area contributed by atoms with E-state index in [0.717, 1.165) is 5.56 Å². The van der Waals surface area contributed by atoms with E-state index in [1.54, 1.807) is 24.1 Å². The summed E-state index contributed by atoms with van der Waals surface area (Å²) in [5, 5.41) is 11.4. The van der Waals surface area contributed by atoms with Crippen LogP contribution >= 0.6 is 0 Å². The minimum absolute atomic E-state index is 0.173. The Balaban J connectivity index is 2.76. The highest BCUT2D eigenvalue weighted by Crippen LogP contribution is 2.11. The van der Waals surface area contributed by atoms with Crippen LogP contribution in [0.25, 0.3) is 0 Å². The maximum absolute atomic E-state index is 12.6. The normalized spacial score (nSPS) is 11.5. The predicted molar refractivity (Wildman–Crippen MR) is 86.4 cm³/mol. The van der Waals surface area contributed by atoms with Crippen LogP contribution in [0.4, 0.5) is 4.79 Å². The lowest BCUT2D eigenvalue weighted by atomic mass is 10.0. The number of carbonyl (C=O) groups excluding carboxylic acids is 2. The third-order valence-corrected chi connectivity index (χ3v) is 3.36. The van der Waals surface area contributed by atoms with Crippen LogP contribution in [0.15, 0.2) is 24.3 Å². The zero-order valence-corrected chi connectivity index (χ0v) is 14.0. The van der Waals surface area contributed by atoms with Crippen molar-refractivity contribution in [3.05, 3.63) is 35.4 Å². The molecule has 1 atom stereocenters. The summed E-state index contributed by atoms with van der Waals surface area (Å²) in [6.07, 6.45) is -0.0816. The fourth-order valence-electron chi connectivity index (χ4n) is 2.20. The first-order valence-electron chi connectivity index (χ1n) is 7.45. The molecule has 0 aliphatic heterocycles. The first kappa shape index (κ1) is 18.5. The number of benzene rings is 1. The van der Waals surface area contributed by atoms with Gasteiger partial charge >= 0.3 is 6.09 Å². The number of nitriles is 1. The Morgan fingerprint density at radius 3 is 2.39 bits per heavy atom. The van der Waals surface area contributed by atoms with Crippen molar-refractivity contribution in [2.75, 3.05) is 14.2 Å². The summed E-state index contributed by atoms with van der Waals surface area (Å²) >= 11 is 0. The van der Waals surface area contributed by atoms with Crippen LogP contribution in [0.1, 0.15) is 31.4 Å². The summed E-state index contributed by atoms with van der Waals surface area (Å²) in [5.74, 6) is 0.0814. The first-order chi connectivity index (χ1) is 10.9. The van der Waals surface area contributed by atoms with Gasteiger partial charge in [0.2, 0.25) is 5.91 Å². The predicted octanol–water partition coefficient (Wildman–Crippen LogP) is 2.29. The number of carbonyl (C=O) groups is 2. The van der Waals surface area contributed by atoms with Gasteiger partial charge in [0.15, 0.2) is 0 Å². The number of rotatable bonds is 6. The maximum Gasteiger partial charge on any atom is 0.407 e. The van der Waals surface area contributed by atoms with Gasteiger partial charge in [0, 0.05) is 13.6 Å². The number of nitrogens with zero attached hydrogens (tertiary/aromatic N) is 2. The van der Waals surface area contributed by atoms with E-state index in [-0.39, 0.29) is 11.8 Å². The van der Waals surface area contributed by atoms with Crippen molar-refractivity contribution < 1.29 is 14.3 Å². The summed E-state index contributed by atoms with van der Waals surface area (Å²) in [5.41, 5.74) is 1.49. The highest BCUT2D eigenvalue weighted by atomic mass is 16.5. The molecule has 6 heteroatoms. The lowest BCUT2D eigenvalue weighted by Gasteiger charge is -2.25. The molecular formula is C17H23N3O3. The molecule has 0 fully saturated rings. The fourth-order valence-corrected chi connectivity index (χ4v) is 2.20. The van der Waals surface area contributed by atoms with Gasteiger partial charge in [-0.3, -0.25) is 4.79 Å². The molecule has 23 heavy (non-hydrogen) atoms. The summed E-state index contributed by atoms with van der Waals surface area (Å²) in [7, 11) is 2.96. The topological polar surface area (TPSA) is 82.4 Å². The summed E-state index contributed by atoms with van der Waals surface area (Å²) in [6, 6.07) is 8.49. The van der Waals surface area contributed by atoms with E-state index in [4.69, 9.17) is 5.26 Å². The van der Waals surface area contributed by atoms with E-state index >= 15 is 0 Å². The molecule has 2 amide bonds. The molecule has 0 heterocycles. The van der Waals surface area contributed by atoms with Crippen molar-refractivity contribution in [1.82, 2.24) is 10.2 Å². The Hall–Kier alpha value is -2.55. The van der Waals surface area contributed by atoms with Crippen molar-refractivity contribution in [2.24, 2.45) is 5.92 Å². The van der Waals surface area contributed by atoms with E-state index < -0.39 is 12.1 Å². The fraction of sp³-hybridized carbons (Fsp3) is 0.471. The standard InChI is InChI=1S/C17H23N3O3/c1-12(2)9-15(19-17(22)23-4)16(21)20(3)11-14-7-5-13(10-18)6-8-14/h5-8,12,15H,9,11H2,1-4H3,(H,19,22). The molecule has 1 N–H and O–H groups in total. The van der Waals surface area contributed by atoms with Crippen LogP contribution in [-0.2, 0) is 16.1 Å². The van der Waals surface area contributed by atoms with E-state index in [1.165, 1.54) is 7.11 Å². The number of amides is 2. The molecule has 1 unspecified atom stereocenters. The molecule has 0 saturated carbocycles. The smallest absolute Gasteiger partial charge is 0.407 e. The van der Waals surface area contributed by atoms with Gasteiger partial charge in [-0.2, -0.15) is 5.26 Å². The number of alkyl carbamates (subject to hydrolysis) is 1. The Morgan fingerprint density at radius 2 is 1.91 bits per heavy atom. The number of nitrogens with one attached hydrogen (secondary N) is 1. The molecule has 0 aromatic heterocycles. The molecule has 1 aromatic carbocycles. The van der Waals surface area contributed by atoms with Gasteiger partial charge < -0.3 is 15.0 Å². The van der Waals surface area contributed by atoms with Gasteiger partial charge in [0.1, 0.15) is 6.04 Å². The zero-order chi connectivity index (χ0) is 17.4. The largest absolute Gasteiger partial charge is 0.453 e. The summed E-state index contributed by atoms with van der Waals surface area (Å²) < 4.78 is 4.58. The van der Waals surface area contributed by atoms with E-state index in [9.17, 15) is 9.59 Å². The van der Waals surface area contributed by atoms with Gasteiger partial charge in [-0.25, -0.2) is 4.79 Å². The van der Waals surface area contributed by atoms with Gasteiger partial charge in [-0.15, -0.1) is 0 Å². The third-order valence-electron chi connectivity index (χ3n) is 3.36. The van der Waals surface area contributed by atoms with Crippen molar-refractivity contribution in [2.45, 2.75) is 32.9 Å².